The number of benzene rings is 3. The number of nitrogens with zero attached hydrogens (tertiary/aromatic N) is 1. The van der Waals surface area contributed by atoms with Crippen molar-refractivity contribution < 1.29 is 19.8 Å². The molecular formula is C24H17ClN2O4. The van der Waals surface area contributed by atoms with Crippen molar-refractivity contribution >= 4 is 34.4 Å². The standard InChI is InChI=1S/C24H17ClN2O4/c25-16-11-9-15(10-12-16)20-22(28)19(24(30)31)17-7-4-8-18(21(17)27-20)23(29)26-13-14-5-2-1-3-6-14/h1-12,28H,13H2,(H,26,29)(H,30,31). The number of carbonyl (C=O) groups excluding carboxylic acids is 1. The van der Waals surface area contributed by atoms with Gasteiger partial charge in [0.2, 0.25) is 0 Å². The van der Waals surface area contributed by atoms with Crippen LogP contribution in [0.1, 0.15) is 26.3 Å². The molecule has 1 aromatic heterocycles. The van der Waals surface area contributed by atoms with Gasteiger partial charge in [-0.1, -0.05) is 66.2 Å². The van der Waals surface area contributed by atoms with E-state index in [1.807, 2.05) is 30.3 Å². The van der Waals surface area contributed by atoms with Crippen molar-refractivity contribution in [2.45, 2.75) is 6.54 Å². The molecule has 3 aromatic carbocycles. The Morgan fingerprint density at radius 2 is 1.65 bits per heavy atom. The minimum atomic E-state index is -1.32. The lowest BCUT2D eigenvalue weighted by Crippen LogP contribution is -2.23. The number of aromatic nitrogens is 1. The molecule has 0 aliphatic carbocycles. The maximum Gasteiger partial charge on any atom is 0.340 e. The maximum atomic E-state index is 12.9. The summed E-state index contributed by atoms with van der Waals surface area (Å²) in [6.07, 6.45) is 0. The molecule has 0 aliphatic heterocycles. The number of amides is 1. The summed E-state index contributed by atoms with van der Waals surface area (Å²) in [6, 6.07) is 20.6. The molecule has 0 aliphatic rings. The highest BCUT2D eigenvalue weighted by atomic mass is 35.5. The average Bonchev–Trinajstić information content (AvgIpc) is 2.77. The van der Waals surface area contributed by atoms with E-state index in [1.54, 1.807) is 36.4 Å². The van der Waals surface area contributed by atoms with Gasteiger partial charge in [0.15, 0.2) is 5.75 Å². The van der Waals surface area contributed by atoms with Crippen molar-refractivity contribution in [3.05, 3.63) is 94.5 Å². The molecule has 3 N–H and O–H groups in total. The molecule has 0 bridgehead atoms. The van der Waals surface area contributed by atoms with E-state index in [0.29, 0.717) is 17.1 Å². The number of para-hydroxylation sites is 1. The quantitative estimate of drug-likeness (QED) is 0.417. The second-order valence-electron chi connectivity index (χ2n) is 6.87. The van der Waals surface area contributed by atoms with Gasteiger partial charge in [-0.3, -0.25) is 4.79 Å². The number of hydrogen-bond acceptors (Lipinski definition) is 4. The average molecular weight is 433 g/mol. The number of aromatic carboxylic acids is 1. The SMILES string of the molecule is O=C(O)c1c(O)c(-c2ccc(Cl)cc2)nc2c(C(=O)NCc3ccccc3)cccc12. The summed E-state index contributed by atoms with van der Waals surface area (Å²) in [5.74, 6) is -2.18. The largest absolute Gasteiger partial charge is 0.505 e. The van der Waals surface area contributed by atoms with Crippen molar-refractivity contribution in [3.63, 3.8) is 0 Å². The van der Waals surface area contributed by atoms with Crippen LogP contribution in [-0.4, -0.2) is 27.1 Å². The van der Waals surface area contributed by atoms with Gasteiger partial charge in [0, 0.05) is 22.5 Å². The molecule has 0 saturated heterocycles. The molecular weight excluding hydrogens is 416 g/mol. The number of fused-ring (bicyclic) bond motifs is 1. The van der Waals surface area contributed by atoms with E-state index in [1.165, 1.54) is 6.07 Å². The molecule has 0 fully saturated rings. The Morgan fingerprint density at radius 1 is 0.935 bits per heavy atom. The first-order chi connectivity index (χ1) is 15.0. The van der Waals surface area contributed by atoms with Crippen molar-refractivity contribution in [1.29, 1.82) is 0 Å². The molecule has 0 atom stereocenters. The summed E-state index contributed by atoms with van der Waals surface area (Å²) in [6.45, 7) is 0.309. The zero-order chi connectivity index (χ0) is 22.0. The summed E-state index contributed by atoms with van der Waals surface area (Å²) >= 11 is 5.94. The fourth-order valence-electron chi connectivity index (χ4n) is 3.36. The monoisotopic (exact) mass is 432 g/mol. The molecule has 7 heteroatoms. The number of rotatable bonds is 5. The normalized spacial score (nSPS) is 10.7. The Balaban J connectivity index is 1.84. The molecule has 0 spiro atoms. The van der Waals surface area contributed by atoms with E-state index < -0.39 is 17.6 Å². The lowest BCUT2D eigenvalue weighted by atomic mass is 9.99. The van der Waals surface area contributed by atoms with Crippen LogP contribution >= 0.6 is 11.6 Å². The highest BCUT2D eigenvalue weighted by Crippen LogP contribution is 2.36. The van der Waals surface area contributed by atoms with E-state index in [2.05, 4.69) is 10.3 Å². The number of nitrogens with one attached hydrogen (secondary N) is 1. The third kappa shape index (κ3) is 4.06. The summed E-state index contributed by atoms with van der Waals surface area (Å²) < 4.78 is 0. The summed E-state index contributed by atoms with van der Waals surface area (Å²) in [4.78, 5) is 29.3. The van der Waals surface area contributed by atoms with Gasteiger partial charge in [-0.15, -0.1) is 0 Å². The second-order valence-corrected chi connectivity index (χ2v) is 7.30. The maximum absolute atomic E-state index is 12.9. The number of halogens is 1. The van der Waals surface area contributed by atoms with Crippen LogP contribution in [0.15, 0.2) is 72.8 Å². The highest BCUT2D eigenvalue weighted by molar-refractivity contribution is 6.30. The van der Waals surface area contributed by atoms with Crippen molar-refractivity contribution in [1.82, 2.24) is 10.3 Å². The van der Waals surface area contributed by atoms with Crippen molar-refractivity contribution in [2.75, 3.05) is 0 Å². The van der Waals surface area contributed by atoms with Gasteiger partial charge >= 0.3 is 5.97 Å². The first-order valence-corrected chi connectivity index (χ1v) is 9.80. The number of carboxylic acids is 1. The molecule has 0 unspecified atom stereocenters. The number of pyridine rings is 1. The van der Waals surface area contributed by atoms with E-state index in [0.717, 1.165) is 5.56 Å². The van der Waals surface area contributed by atoms with Gasteiger partial charge < -0.3 is 15.5 Å². The number of carboxylic acid groups (broad SMARTS) is 1. The second kappa shape index (κ2) is 8.45. The van der Waals surface area contributed by atoms with E-state index in [9.17, 15) is 19.8 Å². The van der Waals surface area contributed by atoms with Gasteiger partial charge in [0.1, 0.15) is 11.3 Å². The third-order valence-corrected chi connectivity index (χ3v) is 5.11. The van der Waals surface area contributed by atoms with Crippen LogP contribution in [0, 0.1) is 0 Å². The Kier molecular flexibility index (Phi) is 5.56. The van der Waals surface area contributed by atoms with Gasteiger partial charge in [-0.2, -0.15) is 0 Å². The molecule has 31 heavy (non-hydrogen) atoms. The minimum Gasteiger partial charge on any atom is -0.505 e. The van der Waals surface area contributed by atoms with Crippen molar-refractivity contribution in [3.8, 4) is 17.0 Å². The highest BCUT2D eigenvalue weighted by Gasteiger charge is 2.23. The van der Waals surface area contributed by atoms with Crippen LogP contribution in [0.5, 0.6) is 5.75 Å². The first kappa shape index (κ1) is 20.4. The Hall–Kier alpha value is -3.90. The fraction of sp³-hybridized carbons (Fsp3) is 0.0417. The lowest BCUT2D eigenvalue weighted by Gasteiger charge is -2.13. The molecule has 0 radical (unpaired) electrons. The van der Waals surface area contributed by atoms with Gasteiger partial charge in [0.25, 0.3) is 5.91 Å². The molecule has 4 rings (SSSR count). The number of aromatic hydroxyl groups is 1. The fourth-order valence-corrected chi connectivity index (χ4v) is 3.48. The molecule has 6 nitrogen and oxygen atoms in total. The Bertz CT molecular complexity index is 1290. The molecule has 1 heterocycles. The van der Waals surface area contributed by atoms with Gasteiger partial charge in [-0.25, -0.2) is 9.78 Å². The molecule has 4 aromatic rings. The van der Waals surface area contributed by atoms with E-state index in [-0.39, 0.29) is 27.7 Å². The summed E-state index contributed by atoms with van der Waals surface area (Å²) in [5.41, 5.74) is 1.55. The van der Waals surface area contributed by atoms with Gasteiger partial charge in [0.05, 0.1) is 11.1 Å². The minimum absolute atomic E-state index is 0.0601. The third-order valence-electron chi connectivity index (χ3n) is 4.86. The smallest absolute Gasteiger partial charge is 0.340 e. The molecule has 154 valence electrons. The van der Waals surface area contributed by atoms with Crippen LogP contribution in [0.2, 0.25) is 5.02 Å². The predicted molar refractivity (Wildman–Crippen MR) is 118 cm³/mol. The van der Waals surface area contributed by atoms with Crippen LogP contribution in [0.4, 0.5) is 0 Å². The zero-order valence-corrected chi connectivity index (χ0v) is 16.9. The Labute approximate surface area is 182 Å². The first-order valence-electron chi connectivity index (χ1n) is 9.42. The number of carbonyl (C=O) groups is 2. The molecule has 0 saturated carbocycles. The van der Waals surface area contributed by atoms with E-state index >= 15 is 0 Å². The van der Waals surface area contributed by atoms with Crippen LogP contribution < -0.4 is 5.32 Å². The Morgan fingerprint density at radius 3 is 2.32 bits per heavy atom. The lowest BCUT2D eigenvalue weighted by molar-refractivity contribution is 0.0695. The van der Waals surface area contributed by atoms with Gasteiger partial charge in [-0.05, 0) is 23.8 Å². The van der Waals surface area contributed by atoms with Crippen LogP contribution in [-0.2, 0) is 6.54 Å². The zero-order valence-electron chi connectivity index (χ0n) is 16.2. The van der Waals surface area contributed by atoms with Crippen LogP contribution in [0.25, 0.3) is 22.2 Å². The van der Waals surface area contributed by atoms with Crippen LogP contribution in [0.3, 0.4) is 0 Å². The topological polar surface area (TPSA) is 99.5 Å². The molecule has 1 amide bonds. The summed E-state index contributed by atoms with van der Waals surface area (Å²) in [5, 5.41) is 23.9. The number of hydrogen-bond donors (Lipinski definition) is 3. The predicted octanol–water partition coefficient (Wildman–Crippen LogP) is 4.89. The van der Waals surface area contributed by atoms with E-state index in [4.69, 9.17) is 11.6 Å². The summed E-state index contributed by atoms with van der Waals surface area (Å²) in [7, 11) is 0. The van der Waals surface area contributed by atoms with Crippen molar-refractivity contribution in [2.24, 2.45) is 0 Å².